The number of rotatable bonds is 3. The van der Waals surface area contributed by atoms with Gasteiger partial charge in [-0.2, -0.15) is 22.0 Å². The van der Waals surface area contributed by atoms with Gasteiger partial charge in [-0.05, 0) is 19.4 Å². The molecular weight excluding hydrogens is 253 g/mol. The van der Waals surface area contributed by atoms with E-state index in [1.54, 1.807) is 30.3 Å². The molecule has 0 bridgehead atoms. The molecule has 100 valence electrons. The summed E-state index contributed by atoms with van der Waals surface area (Å²) in [7, 11) is 0. The van der Waals surface area contributed by atoms with Gasteiger partial charge in [-0.15, -0.1) is 0 Å². The summed E-state index contributed by atoms with van der Waals surface area (Å²) in [5.41, 5.74) is -0.652. The van der Waals surface area contributed by atoms with E-state index in [0.717, 1.165) is 0 Å². The third kappa shape index (κ3) is 3.05. The third-order valence-corrected chi connectivity index (χ3v) is 2.48. The molecule has 0 saturated heterocycles. The molecule has 6 heteroatoms. The fourth-order valence-corrected chi connectivity index (χ4v) is 1.38. The van der Waals surface area contributed by atoms with Crippen LogP contribution in [0.15, 0.2) is 35.3 Å². The van der Waals surface area contributed by atoms with E-state index in [0.29, 0.717) is 12.5 Å². The largest absolute Gasteiger partial charge is 0.459 e. The van der Waals surface area contributed by atoms with Crippen LogP contribution in [0, 0.1) is 0 Å². The minimum Gasteiger partial charge on any atom is -0.280 e. The van der Waals surface area contributed by atoms with Crippen LogP contribution in [-0.2, 0) is 0 Å². The van der Waals surface area contributed by atoms with Crippen molar-refractivity contribution in [2.75, 3.05) is 0 Å². The standard InChI is InChI=1S/C12H12F5N/c1-8(10-6-4-3-5-7-10)18-9(2)11(13,14)12(15,16)17/h3-8H,1-2H3/t8-/m0/s1. The van der Waals surface area contributed by atoms with Gasteiger partial charge in [0.05, 0.1) is 11.8 Å². The maximum Gasteiger partial charge on any atom is 0.459 e. The predicted molar refractivity (Wildman–Crippen MR) is 59.0 cm³/mol. The molecule has 1 aromatic carbocycles. The summed E-state index contributed by atoms with van der Waals surface area (Å²) in [6.45, 7) is 2.15. The first-order valence-corrected chi connectivity index (χ1v) is 5.20. The number of hydrogen-bond donors (Lipinski definition) is 0. The van der Waals surface area contributed by atoms with E-state index >= 15 is 0 Å². The van der Waals surface area contributed by atoms with E-state index in [-0.39, 0.29) is 0 Å². The molecule has 0 aliphatic heterocycles. The van der Waals surface area contributed by atoms with Crippen molar-refractivity contribution in [1.29, 1.82) is 0 Å². The fraction of sp³-hybridized carbons (Fsp3) is 0.417. The number of alkyl halides is 5. The Labute approximate surface area is 101 Å². The smallest absolute Gasteiger partial charge is 0.280 e. The Hall–Kier alpha value is -1.46. The second-order valence-electron chi connectivity index (χ2n) is 3.87. The molecule has 0 unspecified atom stereocenters. The van der Waals surface area contributed by atoms with Crippen LogP contribution in [0.4, 0.5) is 22.0 Å². The van der Waals surface area contributed by atoms with Crippen molar-refractivity contribution in [1.82, 2.24) is 0 Å². The highest BCUT2D eigenvalue weighted by Crippen LogP contribution is 2.37. The van der Waals surface area contributed by atoms with Crippen molar-refractivity contribution in [2.45, 2.75) is 32.0 Å². The normalized spacial score (nSPS) is 15.6. The Kier molecular flexibility index (Phi) is 4.09. The van der Waals surface area contributed by atoms with Crippen LogP contribution in [-0.4, -0.2) is 17.8 Å². The van der Waals surface area contributed by atoms with Crippen LogP contribution in [0.2, 0.25) is 0 Å². The summed E-state index contributed by atoms with van der Waals surface area (Å²) in [5, 5.41) is 0. The first-order chi connectivity index (χ1) is 8.16. The Morgan fingerprint density at radius 3 is 2.00 bits per heavy atom. The van der Waals surface area contributed by atoms with Crippen molar-refractivity contribution in [3.05, 3.63) is 35.9 Å². The highest BCUT2D eigenvalue weighted by Gasteiger charge is 2.59. The Morgan fingerprint density at radius 2 is 1.56 bits per heavy atom. The average Bonchev–Trinajstić information content (AvgIpc) is 2.28. The van der Waals surface area contributed by atoms with E-state index in [2.05, 4.69) is 4.99 Å². The molecular formula is C12H12F5N. The predicted octanol–water partition coefficient (Wildman–Crippen LogP) is 4.41. The monoisotopic (exact) mass is 265 g/mol. The Balaban J connectivity index is 2.97. The van der Waals surface area contributed by atoms with Crippen LogP contribution in [0.3, 0.4) is 0 Å². The number of halogens is 5. The van der Waals surface area contributed by atoms with Crippen LogP contribution < -0.4 is 0 Å². The summed E-state index contributed by atoms with van der Waals surface area (Å²) in [6.07, 6.45) is -5.61. The summed E-state index contributed by atoms with van der Waals surface area (Å²) >= 11 is 0. The lowest BCUT2D eigenvalue weighted by Crippen LogP contribution is -2.43. The van der Waals surface area contributed by atoms with Crippen molar-refractivity contribution < 1.29 is 22.0 Å². The molecule has 0 aromatic heterocycles. The molecule has 0 spiro atoms. The lowest BCUT2D eigenvalue weighted by atomic mass is 10.1. The second-order valence-corrected chi connectivity index (χ2v) is 3.87. The molecule has 0 heterocycles. The molecule has 0 radical (unpaired) electrons. The molecule has 0 aliphatic rings. The summed E-state index contributed by atoms with van der Waals surface area (Å²) in [5.74, 6) is -4.89. The van der Waals surface area contributed by atoms with Crippen LogP contribution in [0.1, 0.15) is 25.5 Å². The van der Waals surface area contributed by atoms with Gasteiger partial charge in [-0.3, -0.25) is 4.99 Å². The lowest BCUT2D eigenvalue weighted by Gasteiger charge is -2.20. The zero-order valence-corrected chi connectivity index (χ0v) is 9.80. The van der Waals surface area contributed by atoms with Gasteiger partial charge in [-0.1, -0.05) is 30.3 Å². The van der Waals surface area contributed by atoms with Gasteiger partial charge >= 0.3 is 12.1 Å². The first kappa shape index (κ1) is 14.6. The molecule has 1 rings (SSSR count). The van der Waals surface area contributed by atoms with Crippen molar-refractivity contribution in [2.24, 2.45) is 4.99 Å². The van der Waals surface area contributed by atoms with Crippen molar-refractivity contribution in [3.8, 4) is 0 Å². The molecule has 18 heavy (non-hydrogen) atoms. The minimum absolute atomic E-state index is 0.579. The molecule has 1 atom stereocenters. The maximum absolute atomic E-state index is 12.9. The molecule has 1 nitrogen and oxygen atoms in total. The zero-order valence-electron chi connectivity index (χ0n) is 9.80. The second kappa shape index (κ2) is 5.04. The molecule has 0 fully saturated rings. The maximum atomic E-state index is 12.9. The summed E-state index contributed by atoms with van der Waals surface area (Å²) in [6, 6.07) is 7.54. The van der Waals surface area contributed by atoms with Crippen LogP contribution in [0.25, 0.3) is 0 Å². The Morgan fingerprint density at radius 1 is 1.06 bits per heavy atom. The highest BCUT2D eigenvalue weighted by atomic mass is 19.4. The van der Waals surface area contributed by atoms with Crippen LogP contribution >= 0.6 is 0 Å². The van der Waals surface area contributed by atoms with Gasteiger partial charge in [0, 0.05) is 0 Å². The highest BCUT2D eigenvalue weighted by molar-refractivity contribution is 5.89. The lowest BCUT2D eigenvalue weighted by molar-refractivity contribution is -0.249. The van der Waals surface area contributed by atoms with E-state index in [1.807, 2.05) is 0 Å². The quantitative estimate of drug-likeness (QED) is 0.567. The average molecular weight is 265 g/mol. The van der Waals surface area contributed by atoms with E-state index in [9.17, 15) is 22.0 Å². The van der Waals surface area contributed by atoms with E-state index in [4.69, 9.17) is 0 Å². The number of nitrogens with zero attached hydrogens (tertiary/aromatic N) is 1. The third-order valence-electron chi connectivity index (χ3n) is 2.48. The van der Waals surface area contributed by atoms with Crippen molar-refractivity contribution >= 4 is 5.71 Å². The minimum atomic E-state index is -5.61. The SMILES string of the molecule is CC(=N[C@@H](C)c1ccccc1)C(F)(F)C(F)(F)F. The topological polar surface area (TPSA) is 12.4 Å². The fourth-order valence-electron chi connectivity index (χ4n) is 1.38. The Bertz CT molecular complexity index is 422. The molecule has 1 aromatic rings. The summed E-state index contributed by atoms with van der Waals surface area (Å²) < 4.78 is 62.2. The molecule has 0 aliphatic carbocycles. The van der Waals surface area contributed by atoms with Gasteiger partial charge in [0.1, 0.15) is 0 Å². The summed E-state index contributed by atoms with van der Waals surface area (Å²) in [4.78, 5) is 3.43. The van der Waals surface area contributed by atoms with Gasteiger partial charge in [0.2, 0.25) is 0 Å². The van der Waals surface area contributed by atoms with Gasteiger partial charge < -0.3 is 0 Å². The van der Waals surface area contributed by atoms with E-state index in [1.165, 1.54) is 6.92 Å². The molecule has 0 saturated carbocycles. The van der Waals surface area contributed by atoms with Gasteiger partial charge in [0.15, 0.2) is 0 Å². The van der Waals surface area contributed by atoms with Gasteiger partial charge in [-0.25, -0.2) is 0 Å². The molecule has 0 amide bonds. The number of benzene rings is 1. The van der Waals surface area contributed by atoms with Crippen molar-refractivity contribution in [3.63, 3.8) is 0 Å². The van der Waals surface area contributed by atoms with Crippen LogP contribution in [0.5, 0.6) is 0 Å². The van der Waals surface area contributed by atoms with E-state index < -0.39 is 23.9 Å². The molecule has 0 N–H and O–H groups in total. The zero-order chi connectivity index (χ0) is 14.0. The first-order valence-electron chi connectivity index (χ1n) is 5.20. The number of aliphatic imine (C=N–C) groups is 1. The number of hydrogen-bond acceptors (Lipinski definition) is 1. The van der Waals surface area contributed by atoms with Gasteiger partial charge in [0.25, 0.3) is 0 Å².